The lowest BCUT2D eigenvalue weighted by atomic mass is 10.0. The van der Waals surface area contributed by atoms with Gasteiger partial charge in [0.2, 0.25) is 5.75 Å². The van der Waals surface area contributed by atoms with E-state index in [1.807, 2.05) is 30.0 Å². The Morgan fingerprint density at radius 3 is 1.77 bits per heavy atom. The first-order valence-electron chi connectivity index (χ1n) is 10.1. The molecule has 0 bridgehead atoms. The van der Waals surface area contributed by atoms with Crippen molar-refractivity contribution in [1.29, 1.82) is 0 Å². The van der Waals surface area contributed by atoms with E-state index in [9.17, 15) is 0 Å². The number of thioether (sulfide) groups is 1. The van der Waals surface area contributed by atoms with Crippen LogP contribution in [0.1, 0.15) is 47.8 Å². The summed E-state index contributed by atoms with van der Waals surface area (Å²) in [5.74, 6) is 3.30. The van der Waals surface area contributed by atoms with E-state index in [0.29, 0.717) is 51.5 Å². The summed E-state index contributed by atoms with van der Waals surface area (Å²) in [6.07, 6.45) is 3.01. The van der Waals surface area contributed by atoms with E-state index in [4.69, 9.17) is 29.4 Å². The van der Waals surface area contributed by atoms with Crippen LogP contribution in [0.4, 0.5) is 5.69 Å². The van der Waals surface area contributed by atoms with Gasteiger partial charge in [-0.05, 0) is 54.7 Å². The van der Waals surface area contributed by atoms with E-state index in [2.05, 4.69) is 13.0 Å². The zero-order valence-corrected chi connectivity index (χ0v) is 19.1. The fourth-order valence-corrected chi connectivity index (χ4v) is 5.28. The van der Waals surface area contributed by atoms with Crippen molar-refractivity contribution in [3.05, 3.63) is 35.4 Å². The number of ether oxygens (including phenoxy) is 5. The molecule has 0 radical (unpaired) electrons. The normalized spacial score (nSPS) is 18.2. The van der Waals surface area contributed by atoms with Gasteiger partial charge in [-0.2, -0.15) is 0 Å². The largest absolute Gasteiger partial charge is 0.493 e. The molecular weight excluding hydrogens is 402 g/mol. The molecule has 30 heavy (non-hydrogen) atoms. The number of hydrogen-bond donors (Lipinski definition) is 1. The minimum atomic E-state index is 0.325. The highest BCUT2D eigenvalue weighted by Crippen LogP contribution is 2.55. The Kier molecular flexibility index (Phi) is 7.48. The number of hydrogen-bond acceptors (Lipinski definition) is 7. The first kappa shape index (κ1) is 22.3. The Morgan fingerprint density at radius 1 is 0.800 bits per heavy atom. The molecule has 2 aromatic carbocycles. The summed E-state index contributed by atoms with van der Waals surface area (Å²) in [5.41, 5.74) is 9.25. The second-order valence-electron chi connectivity index (χ2n) is 7.14. The number of rotatable bonds is 9. The summed E-state index contributed by atoms with van der Waals surface area (Å²) < 4.78 is 27.8. The van der Waals surface area contributed by atoms with Crippen molar-refractivity contribution in [1.82, 2.24) is 0 Å². The number of methoxy groups -OCH3 is 4. The van der Waals surface area contributed by atoms with Gasteiger partial charge < -0.3 is 29.4 Å². The fourth-order valence-electron chi connectivity index (χ4n) is 3.76. The van der Waals surface area contributed by atoms with Gasteiger partial charge in [-0.25, -0.2) is 0 Å². The fraction of sp³-hybridized carbons (Fsp3) is 0.478. The SMILES string of the molecule is CCCOc1c(N)cc([C@@H]2CC[C@@H](c3cc(OC)c(OC)c(OC)c3)S2)cc1OC. The first-order valence-corrected chi connectivity index (χ1v) is 11.1. The summed E-state index contributed by atoms with van der Waals surface area (Å²) in [4.78, 5) is 0. The van der Waals surface area contributed by atoms with Crippen LogP contribution in [0.5, 0.6) is 28.7 Å². The highest BCUT2D eigenvalue weighted by atomic mass is 32.2. The predicted octanol–water partition coefficient (Wildman–Crippen LogP) is 5.40. The lowest BCUT2D eigenvalue weighted by Gasteiger charge is -2.19. The molecule has 1 fully saturated rings. The Morgan fingerprint density at radius 2 is 1.30 bits per heavy atom. The monoisotopic (exact) mass is 433 g/mol. The van der Waals surface area contributed by atoms with Gasteiger partial charge in [-0.1, -0.05) is 6.92 Å². The molecular formula is C23H31NO5S. The lowest BCUT2D eigenvalue weighted by molar-refractivity contribution is 0.296. The highest BCUT2D eigenvalue weighted by Gasteiger charge is 2.30. The molecule has 1 aliphatic heterocycles. The zero-order chi connectivity index (χ0) is 21.7. The van der Waals surface area contributed by atoms with Crippen molar-refractivity contribution in [2.24, 2.45) is 0 Å². The average molecular weight is 434 g/mol. The lowest BCUT2D eigenvalue weighted by Crippen LogP contribution is -2.03. The maximum atomic E-state index is 6.30. The molecule has 164 valence electrons. The van der Waals surface area contributed by atoms with Crippen LogP contribution in [0.15, 0.2) is 24.3 Å². The van der Waals surface area contributed by atoms with Crippen molar-refractivity contribution >= 4 is 17.4 Å². The molecule has 3 rings (SSSR count). The van der Waals surface area contributed by atoms with Crippen LogP contribution >= 0.6 is 11.8 Å². The molecule has 0 aromatic heterocycles. The smallest absolute Gasteiger partial charge is 0.203 e. The van der Waals surface area contributed by atoms with Gasteiger partial charge in [-0.3, -0.25) is 0 Å². The van der Waals surface area contributed by atoms with E-state index >= 15 is 0 Å². The van der Waals surface area contributed by atoms with Crippen molar-refractivity contribution in [2.75, 3.05) is 40.8 Å². The molecule has 1 aliphatic rings. The summed E-state index contributed by atoms with van der Waals surface area (Å²) in [7, 11) is 6.55. The summed E-state index contributed by atoms with van der Waals surface area (Å²) >= 11 is 1.92. The number of anilines is 1. The molecule has 1 heterocycles. The van der Waals surface area contributed by atoms with Crippen molar-refractivity contribution in [3.63, 3.8) is 0 Å². The van der Waals surface area contributed by atoms with E-state index < -0.39 is 0 Å². The molecule has 0 unspecified atom stereocenters. The number of nitrogen functional groups attached to an aromatic ring is 1. The van der Waals surface area contributed by atoms with Gasteiger partial charge in [-0.15, -0.1) is 11.8 Å². The van der Waals surface area contributed by atoms with Crippen LogP contribution in [0.2, 0.25) is 0 Å². The second-order valence-corrected chi connectivity index (χ2v) is 8.55. The minimum Gasteiger partial charge on any atom is -0.493 e. The van der Waals surface area contributed by atoms with Gasteiger partial charge in [0.15, 0.2) is 23.0 Å². The van der Waals surface area contributed by atoms with Gasteiger partial charge in [0.1, 0.15) is 0 Å². The predicted molar refractivity (Wildman–Crippen MR) is 122 cm³/mol. The van der Waals surface area contributed by atoms with Crippen LogP contribution in [0.25, 0.3) is 0 Å². The second kappa shape index (κ2) is 10.1. The molecule has 6 nitrogen and oxygen atoms in total. The van der Waals surface area contributed by atoms with Crippen LogP contribution in [-0.4, -0.2) is 35.0 Å². The van der Waals surface area contributed by atoms with Crippen LogP contribution in [0, 0.1) is 0 Å². The third kappa shape index (κ3) is 4.51. The summed E-state index contributed by atoms with van der Waals surface area (Å²) in [6.45, 7) is 2.68. The molecule has 0 amide bonds. The van der Waals surface area contributed by atoms with E-state index in [1.165, 1.54) is 5.56 Å². The molecule has 1 saturated heterocycles. The van der Waals surface area contributed by atoms with E-state index in [1.54, 1.807) is 28.4 Å². The maximum absolute atomic E-state index is 6.30. The van der Waals surface area contributed by atoms with Crippen LogP contribution < -0.4 is 29.4 Å². The minimum absolute atomic E-state index is 0.325. The van der Waals surface area contributed by atoms with Gasteiger partial charge in [0, 0.05) is 10.5 Å². The zero-order valence-electron chi connectivity index (χ0n) is 18.3. The molecule has 0 aliphatic carbocycles. The van der Waals surface area contributed by atoms with Crippen LogP contribution in [0.3, 0.4) is 0 Å². The first-order chi connectivity index (χ1) is 14.6. The van der Waals surface area contributed by atoms with Crippen molar-refractivity contribution < 1.29 is 23.7 Å². The Hall–Kier alpha value is -2.41. The molecule has 2 aromatic rings. The van der Waals surface area contributed by atoms with Crippen molar-refractivity contribution in [2.45, 2.75) is 36.7 Å². The Bertz CT molecular complexity index is 848. The quantitative estimate of drug-likeness (QED) is 0.531. The molecule has 2 atom stereocenters. The summed E-state index contributed by atoms with van der Waals surface area (Å²) in [5, 5.41) is 0.650. The Labute approximate surface area is 183 Å². The molecule has 7 heteroatoms. The van der Waals surface area contributed by atoms with Crippen molar-refractivity contribution in [3.8, 4) is 28.7 Å². The Balaban J connectivity index is 1.84. The van der Waals surface area contributed by atoms with Gasteiger partial charge >= 0.3 is 0 Å². The standard InChI is InChI=1S/C23H31NO5S/c1-6-9-29-22-16(24)10-14(11-17(22)25-2)20-7-8-21(30-20)15-12-18(26-3)23(28-5)19(13-15)27-4/h10-13,20-21H,6-9,24H2,1-5H3/t20-,21-/m0/s1. The summed E-state index contributed by atoms with van der Waals surface area (Å²) in [6, 6.07) is 8.15. The number of nitrogens with two attached hydrogens (primary N) is 1. The van der Waals surface area contributed by atoms with Gasteiger partial charge in [0.25, 0.3) is 0 Å². The average Bonchev–Trinajstić information content (AvgIpc) is 3.27. The van der Waals surface area contributed by atoms with Crippen LogP contribution in [-0.2, 0) is 0 Å². The third-order valence-electron chi connectivity index (χ3n) is 5.23. The number of benzene rings is 2. The highest BCUT2D eigenvalue weighted by molar-refractivity contribution is 8.00. The molecule has 2 N–H and O–H groups in total. The molecule has 0 saturated carbocycles. The van der Waals surface area contributed by atoms with E-state index in [-0.39, 0.29) is 0 Å². The van der Waals surface area contributed by atoms with E-state index in [0.717, 1.165) is 24.8 Å². The molecule has 0 spiro atoms. The van der Waals surface area contributed by atoms with Gasteiger partial charge in [0.05, 0.1) is 40.7 Å². The maximum Gasteiger partial charge on any atom is 0.203 e. The third-order valence-corrected chi connectivity index (χ3v) is 6.90. The topological polar surface area (TPSA) is 72.2 Å².